The molecule has 0 fully saturated rings. The highest BCUT2D eigenvalue weighted by Crippen LogP contribution is 2.19. The van der Waals surface area contributed by atoms with Gasteiger partial charge in [0.15, 0.2) is 0 Å². The van der Waals surface area contributed by atoms with Gasteiger partial charge in [0.2, 0.25) is 5.91 Å². The highest BCUT2D eigenvalue weighted by molar-refractivity contribution is 5.82. The molecule has 1 amide bonds. The molecule has 14 heavy (non-hydrogen) atoms. The minimum Gasteiger partial charge on any atom is -0.394 e. The van der Waals surface area contributed by atoms with Gasteiger partial charge in [0.1, 0.15) is 6.04 Å². The van der Waals surface area contributed by atoms with Crippen molar-refractivity contribution in [1.82, 2.24) is 11.1 Å². The fourth-order valence-corrected chi connectivity index (χ4v) is 0.838. The van der Waals surface area contributed by atoms with Crippen molar-refractivity contribution in [3.8, 4) is 0 Å². The number of carbonyl (C=O) groups excluding carboxylic acids is 1. The zero-order chi connectivity index (χ0) is 11.6. The van der Waals surface area contributed by atoms with Gasteiger partial charge >= 0.3 is 0 Å². The maximum absolute atomic E-state index is 11.6. The second kappa shape index (κ2) is 4.28. The lowest BCUT2D eigenvalue weighted by molar-refractivity contribution is -0.126. The van der Waals surface area contributed by atoms with Gasteiger partial charge in [-0.3, -0.25) is 4.79 Å². The molecule has 1 radical (unpaired) electrons. The third-order valence-electron chi connectivity index (χ3n) is 1.99. The van der Waals surface area contributed by atoms with Crippen LogP contribution in [0.5, 0.6) is 0 Å². The lowest BCUT2D eigenvalue weighted by Crippen LogP contribution is -2.53. The summed E-state index contributed by atoms with van der Waals surface area (Å²) in [7, 11) is 0. The van der Waals surface area contributed by atoms with Crippen LogP contribution in [0.4, 0.5) is 0 Å². The van der Waals surface area contributed by atoms with E-state index >= 15 is 0 Å². The molecule has 4 nitrogen and oxygen atoms in total. The van der Waals surface area contributed by atoms with Crippen molar-refractivity contribution >= 4 is 5.91 Å². The van der Waals surface area contributed by atoms with E-state index in [1.54, 1.807) is 13.8 Å². The number of rotatable bonds is 3. The summed E-state index contributed by atoms with van der Waals surface area (Å²) in [5.74, 6) is -0.337. The van der Waals surface area contributed by atoms with Gasteiger partial charge in [0.25, 0.3) is 0 Å². The maximum Gasteiger partial charge on any atom is 0.239 e. The molecular formula is C10H21N2O2. The number of amides is 1. The van der Waals surface area contributed by atoms with Crippen LogP contribution in [0.1, 0.15) is 34.6 Å². The number of hydrogen-bond acceptors (Lipinski definition) is 2. The summed E-state index contributed by atoms with van der Waals surface area (Å²) >= 11 is 0. The van der Waals surface area contributed by atoms with E-state index in [-0.39, 0.29) is 17.9 Å². The van der Waals surface area contributed by atoms with Crippen LogP contribution in [0.3, 0.4) is 0 Å². The fraction of sp³-hybridized carbons (Fsp3) is 0.900. The lowest BCUT2D eigenvalue weighted by atomic mass is 9.86. The summed E-state index contributed by atoms with van der Waals surface area (Å²) in [6.07, 6.45) is 0. The van der Waals surface area contributed by atoms with Crippen LogP contribution in [-0.4, -0.2) is 29.2 Å². The SMILES string of the molecule is CC(C)(CO)NC(=O)C([NH])C(C)(C)C. The van der Waals surface area contributed by atoms with Crippen molar-refractivity contribution < 1.29 is 9.90 Å². The molecule has 0 aromatic rings. The average Bonchev–Trinajstić information content (AvgIpc) is 2.00. The van der Waals surface area contributed by atoms with Gasteiger partial charge in [-0.05, 0) is 19.3 Å². The smallest absolute Gasteiger partial charge is 0.239 e. The van der Waals surface area contributed by atoms with Crippen molar-refractivity contribution in [3.05, 3.63) is 0 Å². The summed E-state index contributed by atoms with van der Waals surface area (Å²) in [6.45, 7) is 8.85. The highest BCUT2D eigenvalue weighted by Gasteiger charge is 2.31. The largest absolute Gasteiger partial charge is 0.394 e. The van der Waals surface area contributed by atoms with Gasteiger partial charge in [-0.15, -0.1) is 0 Å². The standard InChI is InChI=1S/C10H21N2O2/c1-9(2,3)7(11)8(14)12-10(4,5)6-13/h7,11,13H,6H2,1-5H3,(H,12,14). The second-order valence-corrected chi connectivity index (χ2v) is 5.33. The number of hydrogen-bond donors (Lipinski definition) is 2. The summed E-state index contributed by atoms with van der Waals surface area (Å²) in [5, 5.41) is 11.6. The van der Waals surface area contributed by atoms with Crippen LogP contribution in [0.2, 0.25) is 0 Å². The Morgan fingerprint density at radius 2 is 1.79 bits per heavy atom. The number of carbonyl (C=O) groups is 1. The Morgan fingerprint density at radius 1 is 1.36 bits per heavy atom. The Balaban J connectivity index is 4.37. The van der Waals surface area contributed by atoms with Gasteiger partial charge in [0.05, 0.1) is 12.1 Å². The third-order valence-corrected chi connectivity index (χ3v) is 1.99. The molecule has 0 heterocycles. The zero-order valence-electron chi connectivity index (χ0n) is 9.64. The van der Waals surface area contributed by atoms with Crippen molar-refractivity contribution in [2.24, 2.45) is 5.41 Å². The highest BCUT2D eigenvalue weighted by atomic mass is 16.3. The molecule has 0 aromatic carbocycles. The average molecular weight is 201 g/mol. The molecule has 0 aliphatic carbocycles. The summed E-state index contributed by atoms with van der Waals surface area (Å²) in [5.41, 5.74) is 6.66. The molecule has 1 unspecified atom stereocenters. The van der Waals surface area contributed by atoms with Crippen LogP contribution in [-0.2, 0) is 4.79 Å². The van der Waals surface area contributed by atoms with Gasteiger partial charge in [-0.25, -0.2) is 5.73 Å². The van der Waals surface area contributed by atoms with Crippen molar-refractivity contribution in [2.45, 2.75) is 46.2 Å². The van der Waals surface area contributed by atoms with Crippen molar-refractivity contribution in [1.29, 1.82) is 0 Å². The fourth-order valence-electron chi connectivity index (χ4n) is 0.838. The molecule has 0 spiro atoms. The molecule has 3 N–H and O–H groups in total. The van der Waals surface area contributed by atoms with E-state index in [0.717, 1.165) is 0 Å². The number of aliphatic hydroxyl groups excluding tert-OH is 1. The lowest BCUT2D eigenvalue weighted by Gasteiger charge is -2.30. The molecule has 0 aromatic heterocycles. The Labute approximate surface area is 85.9 Å². The molecule has 0 bridgehead atoms. The van der Waals surface area contributed by atoms with Crippen molar-refractivity contribution in [2.75, 3.05) is 6.61 Å². The topological polar surface area (TPSA) is 73.1 Å². The van der Waals surface area contributed by atoms with E-state index in [4.69, 9.17) is 10.8 Å². The van der Waals surface area contributed by atoms with Crippen LogP contribution < -0.4 is 11.1 Å². The third kappa shape index (κ3) is 4.07. The first-order valence-electron chi connectivity index (χ1n) is 4.74. The van der Waals surface area contributed by atoms with Gasteiger partial charge in [0, 0.05) is 0 Å². The Kier molecular flexibility index (Phi) is 4.09. The maximum atomic E-state index is 11.6. The minimum atomic E-state index is -0.812. The Hall–Kier alpha value is -0.610. The van der Waals surface area contributed by atoms with Gasteiger partial charge in [-0.1, -0.05) is 20.8 Å². The monoisotopic (exact) mass is 201 g/mol. The summed E-state index contributed by atoms with van der Waals surface area (Å²) in [6, 6.07) is -0.812. The molecule has 0 aliphatic heterocycles. The quantitative estimate of drug-likeness (QED) is 0.700. The number of nitrogens with one attached hydrogen (secondary N) is 2. The summed E-state index contributed by atoms with van der Waals surface area (Å²) < 4.78 is 0. The molecule has 0 saturated heterocycles. The first kappa shape index (κ1) is 13.4. The Bertz CT molecular complexity index is 207. The first-order valence-corrected chi connectivity index (χ1v) is 4.74. The first-order chi connectivity index (χ1) is 6.10. The van der Waals surface area contributed by atoms with Crippen LogP contribution in [0.15, 0.2) is 0 Å². The molecule has 1 atom stereocenters. The predicted molar refractivity (Wildman–Crippen MR) is 55.6 cm³/mol. The molecule has 4 heteroatoms. The Morgan fingerprint density at radius 3 is 2.07 bits per heavy atom. The van der Waals surface area contributed by atoms with Crippen LogP contribution in [0.25, 0.3) is 0 Å². The molecule has 83 valence electrons. The van der Waals surface area contributed by atoms with E-state index in [1.165, 1.54) is 0 Å². The zero-order valence-corrected chi connectivity index (χ0v) is 9.64. The number of aliphatic hydroxyl groups is 1. The molecule has 0 saturated carbocycles. The molecular weight excluding hydrogens is 180 g/mol. The van der Waals surface area contributed by atoms with E-state index in [1.807, 2.05) is 20.8 Å². The summed E-state index contributed by atoms with van der Waals surface area (Å²) in [4.78, 5) is 11.6. The second-order valence-electron chi connectivity index (χ2n) is 5.33. The van der Waals surface area contributed by atoms with Gasteiger partial charge < -0.3 is 10.4 Å². The normalized spacial score (nSPS) is 15.1. The van der Waals surface area contributed by atoms with Gasteiger partial charge in [-0.2, -0.15) is 0 Å². The molecule has 0 rings (SSSR count). The van der Waals surface area contributed by atoms with E-state index in [9.17, 15) is 4.79 Å². The van der Waals surface area contributed by atoms with E-state index in [0.29, 0.717) is 0 Å². The van der Waals surface area contributed by atoms with Crippen LogP contribution >= 0.6 is 0 Å². The minimum absolute atomic E-state index is 0.129. The van der Waals surface area contributed by atoms with Crippen LogP contribution in [0, 0.1) is 5.41 Å². The van der Waals surface area contributed by atoms with E-state index in [2.05, 4.69) is 5.32 Å². The predicted octanol–water partition coefficient (Wildman–Crippen LogP) is 0.571. The van der Waals surface area contributed by atoms with Crippen molar-refractivity contribution in [3.63, 3.8) is 0 Å². The van der Waals surface area contributed by atoms with E-state index < -0.39 is 11.6 Å². The molecule has 0 aliphatic rings.